The van der Waals surface area contributed by atoms with Crippen molar-refractivity contribution in [3.05, 3.63) is 0 Å². The van der Waals surface area contributed by atoms with E-state index in [0.29, 0.717) is 13.2 Å². The Morgan fingerprint density at radius 3 is 2.43 bits per heavy atom. The molecule has 4 nitrogen and oxygen atoms in total. The third-order valence-corrected chi connectivity index (χ3v) is 3.54. The number of aliphatic hydroxyl groups is 1. The largest absolute Gasteiger partial charge is 0.389 e. The van der Waals surface area contributed by atoms with Crippen LogP contribution in [0.1, 0.15) is 58.3 Å². The summed E-state index contributed by atoms with van der Waals surface area (Å²) >= 11 is 0. The molecular weight excluding hydrogens is 264 g/mol. The lowest BCUT2D eigenvalue weighted by Gasteiger charge is -2.13. The predicted molar refractivity (Wildman–Crippen MR) is 90.9 cm³/mol. The maximum Gasteiger partial charge on any atom is 0.0897 e. The number of rotatable bonds is 16. The van der Waals surface area contributed by atoms with Crippen molar-refractivity contribution < 1.29 is 9.84 Å². The smallest absolute Gasteiger partial charge is 0.0897 e. The molecule has 0 fully saturated rings. The summed E-state index contributed by atoms with van der Waals surface area (Å²) in [5, 5.41) is 13.1. The zero-order valence-electron chi connectivity index (χ0n) is 14.6. The number of hydrogen-bond donors (Lipinski definition) is 2. The van der Waals surface area contributed by atoms with Crippen LogP contribution >= 0.6 is 0 Å². The van der Waals surface area contributed by atoms with E-state index in [1.54, 1.807) is 0 Å². The van der Waals surface area contributed by atoms with Gasteiger partial charge in [0.25, 0.3) is 0 Å². The van der Waals surface area contributed by atoms with Gasteiger partial charge in [-0.25, -0.2) is 0 Å². The molecule has 1 atom stereocenters. The van der Waals surface area contributed by atoms with Crippen molar-refractivity contribution in [1.29, 1.82) is 0 Å². The maximum atomic E-state index is 9.77. The zero-order chi connectivity index (χ0) is 15.8. The van der Waals surface area contributed by atoms with E-state index in [-0.39, 0.29) is 6.10 Å². The summed E-state index contributed by atoms with van der Waals surface area (Å²) in [6.45, 7) is 6.22. The summed E-state index contributed by atoms with van der Waals surface area (Å²) < 4.78 is 5.51. The quantitative estimate of drug-likeness (QED) is 0.430. The van der Waals surface area contributed by atoms with Crippen LogP contribution < -0.4 is 5.32 Å². The van der Waals surface area contributed by atoms with Gasteiger partial charge < -0.3 is 20.1 Å². The van der Waals surface area contributed by atoms with Crippen LogP contribution in [-0.2, 0) is 4.74 Å². The molecule has 0 aliphatic heterocycles. The molecular formula is C17H38N2O2. The molecule has 0 aliphatic carbocycles. The molecule has 0 amide bonds. The third kappa shape index (κ3) is 17.8. The second kappa shape index (κ2) is 16.2. The van der Waals surface area contributed by atoms with Crippen molar-refractivity contribution >= 4 is 0 Å². The Balaban J connectivity index is 3.14. The molecule has 2 N–H and O–H groups in total. The standard InChI is InChI=1S/C17H38N2O2/c1-4-5-6-7-8-11-14-21-16-17(20)15-18-12-9-10-13-19(2)3/h17-18,20H,4-16H2,1-3H3. The van der Waals surface area contributed by atoms with Crippen LogP contribution in [0.15, 0.2) is 0 Å². The van der Waals surface area contributed by atoms with Crippen molar-refractivity contribution in [2.75, 3.05) is 46.9 Å². The van der Waals surface area contributed by atoms with Gasteiger partial charge in [-0.3, -0.25) is 0 Å². The van der Waals surface area contributed by atoms with Crippen molar-refractivity contribution in [1.82, 2.24) is 10.2 Å². The molecule has 0 radical (unpaired) electrons. The van der Waals surface area contributed by atoms with E-state index in [0.717, 1.165) is 32.5 Å². The van der Waals surface area contributed by atoms with Gasteiger partial charge in [-0.1, -0.05) is 39.0 Å². The molecule has 0 saturated carbocycles. The Bertz CT molecular complexity index is 201. The molecule has 0 aromatic heterocycles. The normalized spacial score (nSPS) is 13.0. The fraction of sp³-hybridized carbons (Fsp3) is 1.00. The minimum Gasteiger partial charge on any atom is -0.389 e. The van der Waals surface area contributed by atoms with Crippen molar-refractivity contribution in [2.45, 2.75) is 64.4 Å². The van der Waals surface area contributed by atoms with Crippen LogP contribution in [0, 0.1) is 0 Å². The third-order valence-electron chi connectivity index (χ3n) is 3.54. The Hall–Kier alpha value is -0.160. The van der Waals surface area contributed by atoms with Crippen molar-refractivity contribution in [3.8, 4) is 0 Å². The highest BCUT2D eigenvalue weighted by molar-refractivity contribution is 4.59. The second-order valence-corrected chi connectivity index (χ2v) is 6.21. The van der Waals surface area contributed by atoms with Crippen LogP contribution in [0.4, 0.5) is 0 Å². The molecule has 128 valence electrons. The second-order valence-electron chi connectivity index (χ2n) is 6.21. The first kappa shape index (κ1) is 20.8. The fourth-order valence-electron chi connectivity index (χ4n) is 2.21. The first-order valence-electron chi connectivity index (χ1n) is 8.78. The lowest BCUT2D eigenvalue weighted by Crippen LogP contribution is -2.31. The summed E-state index contributed by atoms with van der Waals surface area (Å²) in [7, 11) is 4.19. The lowest BCUT2D eigenvalue weighted by atomic mass is 10.1. The van der Waals surface area contributed by atoms with Crippen molar-refractivity contribution in [3.63, 3.8) is 0 Å². The van der Waals surface area contributed by atoms with Gasteiger partial charge in [0.1, 0.15) is 0 Å². The molecule has 1 unspecified atom stereocenters. The van der Waals surface area contributed by atoms with Gasteiger partial charge in [0, 0.05) is 13.2 Å². The van der Waals surface area contributed by atoms with Crippen LogP contribution in [0.5, 0.6) is 0 Å². The summed E-state index contributed by atoms with van der Waals surface area (Å²) in [6.07, 6.45) is 9.65. The van der Waals surface area contributed by atoms with Gasteiger partial charge in [0.15, 0.2) is 0 Å². The molecule has 0 heterocycles. The highest BCUT2D eigenvalue weighted by Gasteiger charge is 2.03. The first-order valence-corrected chi connectivity index (χ1v) is 8.78. The molecule has 0 saturated heterocycles. The summed E-state index contributed by atoms with van der Waals surface area (Å²) in [6, 6.07) is 0. The van der Waals surface area contributed by atoms with E-state index < -0.39 is 0 Å². The monoisotopic (exact) mass is 302 g/mol. The van der Waals surface area contributed by atoms with Gasteiger partial charge in [-0.05, 0) is 46.4 Å². The zero-order valence-corrected chi connectivity index (χ0v) is 14.6. The van der Waals surface area contributed by atoms with E-state index in [1.807, 2.05) is 0 Å². The average molecular weight is 303 g/mol. The number of nitrogens with zero attached hydrogens (tertiary/aromatic N) is 1. The number of hydrogen-bond acceptors (Lipinski definition) is 4. The molecule has 0 aliphatic rings. The number of ether oxygens (including phenoxy) is 1. The molecule has 0 aromatic carbocycles. The average Bonchev–Trinajstić information content (AvgIpc) is 2.45. The first-order chi connectivity index (χ1) is 10.2. The van der Waals surface area contributed by atoms with Gasteiger partial charge in [-0.2, -0.15) is 0 Å². The Morgan fingerprint density at radius 2 is 1.71 bits per heavy atom. The van der Waals surface area contributed by atoms with E-state index in [9.17, 15) is 5.11 Å². The summed E-state index contributed by atoms with van der Waals surface area (Å²) in [4.78, 5) is 2.20. The minimum absolute atomic E-state index is 0.376. The predicted octanol–water partition coefficient (Wildman–Crippen LogP) is 2.66. The Labute approximate surface area is 132 Å². The van der Waals surface area contributed by atoms with E-state index in [1.165, 1.54) is 38.5 Å². The van der Waals surface area contributed by atoms with Crippen LogP contribution in [0.2, 0.25) is 0 Å². The highest BCUT2D eigenvalue weighted by atomic mass is 16.5. The van der Waals surface area contributed by atoms with Crippen molar-refractivity contribution in [2.24, 2.45) is 0 Å². The summed E-state index contributed by atoms with van der Waals surface area (Å²) in [5.74, 6) is 0. The van der Waals surface area contributed by atoms with Crippen LogP contribution in [-0.4, -0.2) is 63.1 Å². The van der Waals surface area contributed by atoms with Gasteiger partial charge >= 0.3 is 0 Å². The highest BCUT2D eigenvalue weighted by Crippen LogP contribution is 2.04. The number of aliphatic hydroxyl groups excluding tert-OH is 1. The van der Waals surface area contributed by atoms with Gasteiger partial charge in [0.2, 0.25) is 0 Å². The number of unbranched alkanes of at least 4 members (excludes halogenated alkanes) is 6. The van der Waals surface area contributed by atoms with E-state index in [4.69, 9.17) is 4.74 Å². The summed E-state index contributed by atoms with van der Waals surface area (Å²) in [5.41, 5.74) is 0. The van der Waals surface area contributed by atoms with Crippen LogP contribution in [0.25, 0.3) is 0 Å². The molecule has 4 heteroatoms. The molecule has 0 aromatic rings. The van der Waals surface area contributed by atoms with E-state index in [2.05, 4.69) is 31.2 Å². The van der Waals surface area contributed by atoms with Gasteiger partial charge in [0.05, 0.1) is 12.7 Å². The molecule has 0 bridgehead atoms. The fourth-order valence-corrected chi connectivity index (χ4v) is 2.21. The molecule has 0 rings (SSSR count). The number of nitrogens with one attached hydrogen (secondary N) is 1. The molecule has 0 spiro atoms. The van der Waals surface area contributed by atoms with Gasteiger partial charge in [-0.15, -0.1) is 0 Å². The Morgan fingerprint density at radius 1 is 1.00 bits per heavy atom. The molecule has 21 heavy (non-hydrogen) atoms. The Kier molecular flexibility index (Phi) is 16.1. The maximum absolute atomic E-state index is 9.77. The van der Waals surface area contributed by atoms with E-state index >= 15 is 0 Å². The van der Waals surface area contributed by atoms with Crippen LogP contribution in [0.3, 0.4) is 0 Å². The SMILES string of the molecule is CCCCCCCCOCC(O)CNCCCCN(C)C. The minimum atomic E-state index is -0.376. The topological polar surface area (TPSA) is 44.7 Å². The lowest BCUT2D eigenvalue weighted by molar-refractivity contribution is 0.0355.